The highest BCUT2D eigenvalue weighted by Crippen LogP contribution is 2.22. The Balaban J connectivity index is 1.51. The zero-order valence-corrected chi connectivity index (χ0v) is 16.8. The third-order valence-electron chi connectivity index (χ3n) is 5.09. The molecule has 0 atom stereocenters. The fourth-order valence-corrected chi connectivity index (χ4v) is 3.47. The Kier molecular flexibility index (Phi) is 6.79. The second kappa shape index (κ2) is 9.30. The van der Waals surface area contributed by atoms with E-state index in [0.717, 1.165) is 0 Å². The van der Waals surface area contributed by atoms with E-state index in [9.17, 15) is 19.3 Å². The highest BCUT2D eigenvalue weighted by molar-refractivity contribution is 6.31. The van der Waals surface area contributed by atoms with E-state index >= 15 is 0 Å². The number of benzene rings is 2. The summed E-state index contributed by atoms with van der Waals surface area (Å²) in [7, 11) is 1.65. The predicted molar refractivity (Wildman–Crippen MR) is 110 cm³/mol. The van der Waals surface area contributed by atoms with E-state index in [0.29, 0.717) is 49.0 Å². The average molecular weight is 421 g/mol. The zero-order chi connectivity index (χ0) is 21.0. The number of nitro groups is 1. The quantitative estimate of drug-likeness (QED) is 0.530. The molecule has 1 fully saturated rings. The molecule has 9 heteroatoms. The molecule has 154 valence electrons. The monoisotopic (exact) mass is 420 g/mol. The van der Waals surface area contributed by atoms with Gasteiger partial charge in [0, 0.05) is 68.2 Å². The molecule has 1 saturated heterocycles. The van der Waals surface area contributed by atoms with Crippen molar-refractivity contribution in [2.45, 2.75) is 6.54 Å². The zero-order valence-electron chi connectivity index (χ0n) is 16.1. The molecule has 0 unspecified atom stereocenters. The summed E-state index contributed by atoms with van der Waals surface area (Å²) in [4.78, 5) is 28.5. The van der Waals surface area contributed by atoms with Crippen LogP contribution in [0.1, 0.15) is 5.56 Å². The van der Waals surface area contributed by atoms with Crippen LogP contribution in [-0.2, 0) is 11.3 Å². The van der Waals surface area contributed by atoms with Crippen LogP contribution in [0.5, 0.6) is 0 Å². The SMILES string of the molecule is CN(C(=O)CN1CCN(Cc2c(F)cccc2Cl)CC1)c1ccc([N+](=O)[O-])cc1. The number of carbonyl (C=O) groups excluding carboxylic acids is 1. The molecule has 7 nitrogen and oxygen atoms in total. The Morgan fingerprint density at radius 1 is 1.14 bits per heavy atom. The van der Waals surface area contributed by atoms with Crippen molar-refractivity contribution >= 4 is 28.9 Å². The van der Waals surface area contributed by atoms with Crippen molar-refractivity contribution < 1.29 is 14.1 Å². The lowest BCUT2D eigenvalue weighted by molar-refractivity contribution is -0.384. The molecule has 0 aliphatic carbocycles. The second-order valence-corrected chi connectivity index (χ2v) is 7.39. The molecule has 1 heterocycles. The Morgan fingerprint density at radius 2 is 1.76 bits per heavy atom. The van der Waals surface area contributed by atoms with Gasteiger partial charge in [0.05, 0.1) is 11.5 Å². The summed E-state index contributed by atoms with van der Waals surface area (Å²) in [6.07, 6.45) is 0. The summed E-state index contributed by atoms with van der Waals surface area (Å²) in [6, 6.07) is 10.6. The third kappa shape index (κ3) is 5.29. The maximum Gasteiger partial charge on any atom is 0.269 e. The lowest BCUT2D eigenvalue weighted by Gasteiger charge is -2.35. The molecular weight excluding hydrogens is 399 g/mol. The number of hydrogen-bond donors (Lipinski definition) is 0. The highest BCUT2D eigenvalue weighted by Gasteiger charge is 2.22. The fraction of sp³-hybridized carbons (Fsp3) is 0.350. The van der Waals surface area contributed by atoms with Crippen LogP contribution in [0.15, 0.2) is 42.5 Å². The van der Waals surface area contributed by atoms with E-state index in [4.69, 9.17) is 11.6 Å². The van der Waals surface area contributed by atoms with E-state index in [1.54, 1.807) is 31.3 Å². The largest absolute Gasteiger partial charge is 0.314 e. The third-order valence-corrected chi connectivity index (χ3v) is 5.44. The van der Waals surface area contributed by atoms with Crippen LogP contribution in [0.3, 0.4) is 0 Å². The minimum atomic E-state index is -0.473. The Bertz CT molecular complexity index is 866. The van der Waals surface area contributed by atoms with Crippen LogP contribution >= 0.6 is 11.6 Å². The molecule has 29 heavy (non-hydrogen) atoms. The van der Waals surface area contributed by atoms with Gasteiger partial charge in [0.15, 0.2) is 0 Å². The number of rotatable bonds is 6. The van der Waals surface area contributed by atoms with Crippen molar-refractivity contribution in [2.24, 2.45) is 0 Å². The van der Waals surface area contributed by atoms with Crippen LogP contribution in [-0.4, -0.2) is 60.4 Å². The molecular formula is C20H22ClFN4O3. The standard InChI is InChI=1S/C20H22ClFN4O3/c1-23(15-5-7-16(8-6-15)26(28)29)20(27)14-25-11-9-24(10-12-25)13-17-18(21)3-2-4-19(17)22/h2-8H,9-14H2,1H3. The lowest BCUT2D eigenvalue weighted by atomic mass is 10.2. The van der Waals surface area contributed by atoms with Gasteiger partial charge in [0.2, 0.25) is 5.91 Å². The van der Waals surface area contributed by atoms with Crippen LogP contribution < -0.4 is 4.90 Å². The Hall–Kier alpha value is -2.55. The molecule has 0 spiro atoms. The van der Waals surface area contributed by atoms with Crippen LogP contribution in [0.4, 0.5) is 15.8 Å². The summed E-state index contributed by atoms with van der Waals surface area (Å²) < 4.78 is 14.0. The predicted octanol–water partition coefficient (Wildman–Crippen LogP) is 3.17. The molecule has 1 aliphatic heterocycles. The van der Waals surface area contributed by atoms with Gasteiger partial charge in [-0.3, -0.25) is 24.7 Å². The molecule has 2 aromatic carbocycles. The Morgan fingerprint density at radius 3 is 2.34 bits per heavy atom. The van der Waals surface area contributed by atoms with Crippen LogP contribution in [0, 0.1) is 15.9 Å². The summed E-state index contributed by atoms with van der Waals surface area (Å²) in [5.74, 6) is -0.399. The number of likely N-dealkylation sites (N-methyl/N-ethyl adjacent to an activating group) is 1. The van der Waals surface area contributed by atoms with Crippen molar-refractivity contribution in [1.82, 2.24) is 9.80 Å². The normalized spacial score (nSPS) is 15.3. The summed E-state index contributed by atoms with van der Waals surface area (Å²) >= 11 is 6.10. The van der Waals surface area contributed by atoms with Crippen molar-refractivity contribution in [1.29, 1.82) is 0 Å². The molecule has 0 radical (unpaired) electrons. The summed E-state index contributed by atoms with van der Waals surface area (Å²) in [6.45, 7) is 3.48. The lowest BCUT2D eigenvalue weighted by Crippen LogP contribution is -2.49. The molecule has 0 saturated carbocycles. The number of hydrogen-bond acceptors (Lipinski definition) is 5. The Labute approximate surface area is 173 Å². The summed E-state index contributed by atoms with van der Waals surface area (Å²) in [5.41, 5.74) is 1.09. The number of amides is 1. The number of anilines is 1. The van der Waals surface area contributed by atoms with Gasteiger partial charge >= 0.3 is 0 Å². The summed E-state index contributed by atoms with van der Waals surface area (Å²) in [5, 5.41) is 11.2. The molecule has 1 amide bonds. The number of non-ortho nitro benzene ring substituents is 1. The van der Waals surface area contributed by atoms with Gasteiger partial charge in [-0.2, -0.15) is 0 Å². The van der Waals surface area contributed by atoms with Gasteiger partial charge in [-0.15, -0.1) is 0 Å². The van der Waals surface area contributed by atoms with E-state index < -0.39 is 4.92 Å². The number of carbonyl (C=O) groups is 1. The molecule has 2 aromatic rings. The average Bonchev–Trinajstić information content (AvgIpc) is 2.71. The van der Waals surface area contributed by atoms with Gasteiger partial charge in [0.25, 0.3) is 5.69 Å². The van der Waals surface area contributed by atoms with Crippen LogP contribution in [0.25, 0.3) is 0 Å². The maximum absolute atomic E-state index is 14.0. The number of nitrogens with zero attached hydrogens (tertiary/aromatic N) is 4. The van der Waals surface area contributed by atoms with E-state index in [2.05, 4.69) is 4.90 Å². The van der Waals surface area contributed by atoms with Gasteiger partial charge in [-0.1, -0.05) is 17.7 Å². The van der Waals surface area contributed by atoms with E-state index in [1.165, 1.54) is 23.1 Å². The minimum Gasteiger partial charge on any atom is -0.314 e. The van der Waals surface area contributed by atoms with Gasteiger partial charge in [-0.25, -0.2) is 4.39 Å². The fourth-order valence-electron chi connectivity index (χ4n) is 3.25. The minimum absolute atomic E-state index is 0.0133. The molecule has 0 aromatic heterocycles. The highest BCUT2D eigenvalue weighted by atomic mass is 35.5. The first-order valence-electron chi connectivity index (χ1n) is 9.24. The molecule has 0 N–H and O–H groups in total. The van der Waals surface area contributed by atoms with Crippen LogP contribution in [0.2, 0.25) is 5.02 Å². The molecule has 3 rings (SSSR count). The molecule has 0 bridgehead atoms. The van der Waals surface area contributed by atoms with Crippen molar-refractivity contribution in [2.75, 3.05) is 44.7 Å². The van der Waals surface area contributed by atoms with Crippen molar-refractivity contribution in [3.05, 3.63) is 69.0 Å². The number of nitro benzene ring substituents is 1. The molecule has 1 aliphatic rings. The first kappa shape index (κ1) is 21.2. The van der Waals surface area contributed by atoms with Gasteiger partial charge in [-0.05, 0) is 24.3 Å². The topological polar surface area (TPSA) is 69.9 Å². The maximum atomic E-state index is 14.0. The van der Waals surface area contributed by atoms with E-state index in [-0.39, 0.29) is 24.0 Å². The van der Waals surface area contributed by atoms with E-state index in [1.807, 2.05) is 4.90 Å². The van der Waals surface area contributed by atoms with Gasteiger partial charge in [0.1, 0.15) is 5.82 Å². The first-order chi connectivity index (χ1) is 13.8. The number of piperazine rings is 1. The smallest absolute Gasteiger partial charge is 0.269 e. The van der Waals surface area contributed by atoms with Crippen molar-refractivity contribution in [3.63, 3.8) is 0 Å². The first-order valence-corrected chi connectivity index (χ1v) is 9.61. The van der Waals surface area contributed by atoms with Crippen molar-refractivity contribution in [3.8, 4) is 0 Å². The number of halogens is 2. The second-order valence-electron chi connectivity index (χ2n) is 6.98. The van der Waals surface area contributed by atoms with Gasteiger partial charge < -0.3 is 4.90 Å².